The summed E-state index contributed by atoms with van der Waals surface area (Å²) in [5.74, 6) is -0.321. The Hall–Kier alpha value is -0.480. The molecule has 0 aliphatic heterocycles. The molecule has 1 aliphatic carbocycles. The number of nitrogens with one attached hydrogen (secondary N) is 1. The number of halogens is 3. The molecule has 78 valence electrons. The average Bonchev–Trinajstić information content (AvgIpc) is 2.84. The molecule has 0 saturated heterocycles. The molecule has 0 bridgehead atoms. The Balaban J connectivity index is 0.000000980. The Morgan fingerprint density at radius 2 is 2.07 bits per heavy atom. The van der Waals surface area contributed by atoms with Crippen LogP contribution in [0, 0.1) is 5.82 Å². The highest BCUT2D eigenvalue weighted by Crippen LogP contribution is 2.31. The van der Waals surface area contributed by atoms with E-state index in [2.05, 4.69) is 21.2 Å². The van der Waals surface area contributed by atoms with Gasteiger partial charge in [0.1, 0.15) is 5.82 Å². The van der Waals surface area contributed by atoms with Crippen LogP contribution in [0.25, 0.3) is 0 Å². The highest BCUT2D eigenvalue weighted by atomic mass is 79.9. The third kappa shape index (κ3) is 2.51. The second kappa shape index (κ2) is 4.36. The second-order valence-corrected chi connectivity index (χ2v) is 4.13. The maximum atomic E-state index is 13.0. The van der Waals surface area contributed by atoms with Crippen molar-refractivity contribution in [1.29, 1.82) is 0 Å². The standard InChI is InChI=1S/C9H10BrFN2.ClH/c10-6-3-9(13-5-1-2-5)8(12)4-7(6)11;/h3-5,13H,1-2,12H2;1H. The number of anilines is 2. The van der Waals surface area contributed by atoms with E-state index in [1.165, 1.54) is 18.9 Å². The molecule has 1 aromatic carbocycles. The van der Waals surface area contributed by atoms with Crippen molar-refractivity contribution in [3.63, 3.8) is 0 Å². The van der Waals surface area contributed by atoms with Crippen molar-refractivity contribution in [3.05, 3.63) is 22.4 Å². The first-order valence-corrected chi connectivity index (χ1v) is 4.97. The molecule has 0 unspecified atom stereocenters. The molecule has 0 spiro atoms. The van der Waals surface area contributed by atoms with Gasteiger partial charge in [-0.15, -0.1) is 12.4 Å². The van der Waals surface area contributed by atoms with Crippen LogP contribution in [0.4, 0.5) is 15.8 Å². The SMILES string of the molecule is Cl.Nc1cc(F)c(Br)cc1NC1CC1. The lowest BCUT2D eigenvalue weighted by atomic mass is 10.2. The maximum Gasteiger partial charge on any atom is 0.139 e. The van der Waals surface area contributed by atoms with Crippen molar-refractivity contribution >= 4 is 39.7 Å². The van der Waals surface area contributed by atoms with Crippen LogP contribution in [0.3, 0.4) is 0 Å². The minimum absolute atomic E-state index is 0. The third-order valence-electron chi connectivity index (χ3n) is 2.03. The van der Waals surface area contributed by atoms with Crippen LogP contribution in [0.15, 0.2) is 16.6 Å². The molecule has 1 aromatic rings. The van der Waals surface area contributed by atoms with Crippen molar-refractivity contribution in [1.82, 2.24) is 0 Å². The lowest BCUT2D eigenvalue weighted by Gasteiger charge is -2.08. The first kappa shape index (κ1) is 11.6. The summed E-state index contributed by atoms with van der Waals surface area (Å²) in [7, 11) is 0. The van der Waals surface area contributed by atoms with Gasteiger partial charge in [-0.2, -0.15) is 0 Å². The van der Waals surface area contributed by atoms with E-state index < -0.39 is 0 Å². The van der Waals surface area contributed by atoms with E-state index in [0.717, 1.165) is 5.69 Å². The number of nitrogens with two attached hydrogens (primary N) is 1. The zero-order valence-corrected chi connectivity index (χ0v) is 9.79. The second-order valence-electron chi connectivity index (χ2n) is 3.27. The molecule has 14 heavy (non-hydrogen) atoms. The van der Waals surface area contributed by atoms with Gasteiger partial charge in [-0.25, -0.2) is 4.39 Å². The summed E-state index contributed by atoms with van der Waals surface area (Å²) in [6, 6.07) is 3.54. The number of hydrogen-bond donors (Lipinski definition) is 2. The van der Waals surface area contributed by atoms with Crippen molar-refractivity contribution in [3.8, 4) is 0 Å². The molecular formula is C9H11BrClFN2. The zero-order valence-electron chi connectivity index (χ0n) is 7.39. The summed E-state index contributed by atoms with van der Waals surface area (Å²) in [5.41, 5.74) is 6.92. The lowest BCUT2D eigenvalue weighted by Crippen LogP contribution is -2.04. The molecule has 1 saturated carbocycles. The van der Waals surface area contributed by atoms with Gasteiger partial charge < -0.3 is 11.1 Å². The van der Waals surface area contributed by atoms with Crippen LogP contribution in [0.1, 0.15) is 12.8 Å². The Morgan fingerprint density at radius 1 is 1.43 bits per heavy atom. The minimum atomic E-state index is -0.321. The van der Waals surface area contributed by atoms with Gasteiger partial charge in [-0.05, 0) is 34.8 Å². The molecule has 2 nitrogen and oxygen atoms in total. The first-order chi connectivity index (χ1) is 6.16. The Labute approximate surface area is 96.6 Å². The van der Waals surface area contributed by atoms with E-state index in [4.69, 9.17) is 5.73 Å². The Bertz CT molecular complexity index is 342. The van der Waals surface area contributed by atoms with Gasteiger partial charge in [0, 0.05) is 12.1 Å². The van der Waals surface area contributed by atoms with Crippen LogP contribution in [0.5, 0.6) is 0 Å². The van der Waals surface area contributed by atoms with E-state index in [1.54, 1.807) is 6.07 Å². The highest BCUT2D eigenvalue weighted by molar-refractivity contribution is 9.10. The fourth-order valence-corrected chi connectivity index (χ4v) is 1.48. The van der Waals surface area contributed by atoms with Gasteiger partial charge in [0.05, 0.1) is 15.8 Å². The zero-order chi connectivity index (χ0) is 9.42. The topological polar surface area (TPSA) is 38.0 Å². The van der Waals surface area contributed by atoms with Gasteiger partial charge >= 0.3 is 0 Å². The van der Waals surface area contributed by atoms with E-state index in [-0.39, 0.29) is 18.2 Å². The van der Waals surface area contributed by atoms with Crippen LogP contribution in [-0.4, -0.2) is 6.04 Å². The average molecular weight is 282 g/mol. The molecule has 0 amide bonds. The van der Waals surface area contributed by atoms with Crippen LogP contribution in [0.2, 0.25) is 0 Å². The molecule has 1 fully saturated rings. The molecule has 1 aliphatic rings. The van der Waals surface area contributed by atoms with Gasteiger partial charge in [0.15, 0.2) is 0 Å². The van der Waals surface area contributed by atoms with Crippen LogP contribution < -0.4 is 11.1 Å². The predicted molar refractivity (Wildman–Crippen MR) is 62.4 cm³/mol. The molecule has 2 rings (SSSR count). The molecule has 0 aromatic heterocycles. The molecule has 0 heterocycles. The Kier molecular flexibility index (Phi) is 3.61. The number of hydrogen-bond acceptors (Lipinski definition) is 2. The number of rotatable bonds is 2. The fraction of sp³-hybridized carbons (Fsp3) is 0.333. The van der Waals surface area contributed by atoms with E-state index in [0.29, 0.717) is 16.2 Å². The quantitative estimate of drug-likeness (QED) is 0.817. The summed E-state index contributed by atoms with van der Waals surface area (Å²) < 4.78 is 13.4. The van der Waals surface area contributed by atoms with Gasteiger partial charge in [0.25, 0.3) is 0 Å². The normalized spacial score (nSPS) is 14.7. The van der Waals surface area contributed by atoms with Crippen LogP contribution in [-0.2, 0) is 0 Å². The van der Waals surface area contributed by atoms with Crippen LogP contribution >= 0.6 is 28.3 Å². The smallest absolute Gasteiger partial charge is 0.139 e. The van der Waals surface area contributed by atoms with Crippen molar-refractivity contribution in [2.24, 2.45) is 0 Å². The Morgan fingerprint density at radius 3 is 2.64 bits per heavy atom. The highest BCUT2D eigenvalue weighted by Gasteiger charge is 2.21. The molecule has 0 atom stereocenters. The monoisotopic (exact) mass is 280 g/mol. The summed E-state index contributed by atoms with van der Waals surface area (Å²) in [6.45, 7) is 0. The van der Waals surface area contributed by atoms with Crippen molar-refractivity contribution in [2.75, 3.05) is 11.1 Å². The summed E-state index contributed by atoms with van der Waals surface area (Å²) >= 11 is 3.12. The minimum Gasteiger partial charge on any atom is -0.397 e. The summed E-state index contributed by atoms with van der Waals surface area (Å²) in [5, 5.41) is 3.23. The summed E-state index contributed by atoms with van der Waals surface area (Å²) in [4.78, 5) is 0. The third-order valence-corrected chi connectivity index (χ3v) is 2.64. The lowest BCUT2D eigenvalue weighted by molar-refractivity contribution is 0.622. The van der Waals surface area contributed by atoms with Crippen molar-refractivity contribution in [2.45, 2.75) is 18.9 Å². The molecule has 0 radical (unpaired) electrons. The summed E-state index contributed by atoms with van der Waals surface area (Å²) in [6.07, 6.45) is 2.35. The molecule has 5 heteroatoms. The van der Waals surface area contributed by atoms with Gasteiger partial charge in [-0.1, -0.05) is 0 Å². The number of benzene rings is 1. The van der Waals surface area contributed by atoms with E-state index >= 15 is 0 Å². The van der Waals surface area contributed by atoms with E-state index in [1.807, 2.05) is 0 Å². The fourth-order valence-electron chi connectivity index (χ4n) is 1.13. The maximum absolute atomic E-state index is 13.0. The van der Waals surface area contributed by atoms with Gasteiger partial charge in [0.2, 0.25) is 0 Å². The molecule has 3 N–H and O–H groups in total. The molecular weight excluding hydrogens is 270 g/mol. The van der Waals surface area contributed by atoms with Crippen molar-refractivity contribution < 1.29 is 4.39 Å². The number of nitrogen functional groups attached to an aromatic ring is 1. The predicted octanol–water partition coefficient (Wildman–Crippen LogP) is 3.17. The largest absolute Gasteiger partial charge is 0.397 e. The van der Waals surface area contributed by atoms with Gasteiger partial charge in [-0.3, -0.25) is 0 Å². The van der Waals surface area contributed by atoms with E-state index in [9.17, 15) is 4.39 Å². The first-order valence-electron chi connectivity index (χ1n) is 4.18.